The van der Waals surface area contributed by atoms with Gasteiger partial charge >= 0.3 is 6.18 Å². The third-order valence-corrected chi connectivity index (χ3v) is 5.02. The second-order valence-corrected chi connectivity index (χ2v) is 7.06. The van der Waals surface area contributed by atoms with E-state index in [4.69, 9.17) is 12.2 Å². The number of nitrogens with one attached hydrogen (secondary N) is 2. The monoisotopic (exact) mass is 413 g/mol. The van der Waals surface area contributed by atoms with Gasteiger partial charge in [0.15, 0.2) is 5.11 Å². The van der Waals surface area contributed by atoms with Crippen LogP contribution >= 0.6 is 12.2 Å². The zero-order valence-corrected chi connectivity index (χ0v) is 16.4. The standard InChI is InChI=1S/C22H18F3N3S/c1-2-28-19-6-4-3-5-17(19)18-13-16(11-12-20(18)28)27-21(29)26-15-9-7-14(8-10-15)22(23,24)25/h3-13H,2H2,1H3,(H2,26,27,29). The normalized spacial score (nSPS) is 11.7. The molecule has 4 rings (SSSR count). The summed E-state index contributed by atoms with van der Waals surface area (Å²) in [5.74, 6) is 0. The summed E-state index contributed by atoms with van der Waals surface area (Å²) in [4.78, 5) is 0. The summed E-state index contributed by atoms with van der Waals surface area (Å²) < 4.78 is 40.3. The van der Waals surface area contributed by atoms with Gasteiger partial charge in [-0.25, -0.2) is 0 Å². The molecule has 148 valence electrons. The number of rotatable bonds is 3. The number of thiocarbonyl (C=S) groups is 1. The van der Waals surface area contributed by atoms with E-state index in [9.17, 15) is 13.2 Å². The Morgan fingerprint density at radius 1 is 0.862 bits per heavy atom. The summed E-state index contributed by atoms with van der Waals surface area (Å²) in [6.07, 6.45) is -4.36. The van der Waals surface area contributed by atoms with Crippen LogP contribution in [0.25, 0.3) is 21.8 Å². The molecule has 0 radical (unpaired) electrons. The van der Waals surface area contributed by atoms with Crippen LogP contribution in [0.2, 0.25) is 0 Å². The van der Waals surface area contributed by atoms with Gasteiger partial charge in [-0.3, -0.25) is 0 Å². The van der Waals surface area contributed by atoms with Crippen LogP contribution < -0.4 is 10.6 Å². The maximum Gasteiger partial charge on any atom is 0.416 e. The number of nitrogens with zero attached hydrogens (tertiary/aromatic N) is 1. The number of anilines is 2. The molecule has 0 unspecified atom stereocenters. The average molecular weight is 413 g/mol. The van der Waals surface area contributed by atoms with E-state index >= 15 is 0 Å². The molecule has 0 aliphatic rings. The van der Waals surface area contributed by atoms with Gasteiger partial charge in [-0.1, -0.05) is 18.2 Å². The summed E-state index contributed by atoms with van der Waals surface area (Å²) in [5, 5.41) is 8.61. The molecule has 29 heavy (non-hydrogen) atoms. The fourth-order valence-corrected chi connectivity index (χ4v) is 3.74. The predicted molar refractivity (Wildman–Crippen MR) is 116 cm³/mol. The maximum atomic E-state index is 12.7. The fraction of sp³-hybridized carbons (Fsp3) is 0.136. The fourth-order valence-electron chi connectivity index (χ4n) is 3.51. The molecule has 1 aromatic heterocycles. The first-order chi connectivity index (χ1) is 13.9. The number of hydrogen-bond donors (Lipinski definition) is 2. The number of halogens is 3. The Kier molecular flexibility index (Phi) is 4.92. The smallest absolute Gasteiger partial charge is 0.341 e. The Bertz CT molecular complexity index is 1190. The molecular weight excluding hydrogens is 395 g/mol. The topological polar surface area (TPSA) is 29.0 Å². The minimum Gasteiger partial charge on any atom is -0.341 e. The van der Waals surface area contributed by atoms with Crippen molar-refractivity contribution in [1.29, 1.82) is 0 Å². The lowest BCUT2D eigenvalue weighted by atomic mass is 10.1. The molecule has 3 aromatic carbocycles. The Hall–Kier alpha value is -3.06. The van der Waals surface area contributed by atoms with Crippen molar-refractivity contribution < 1.29 is 13.2 Å². The first kappa shape index (κ1) is 19.3. The van der Waals surface area contributed by atoms with E-state index in [1.54, 1.807) is 0 Å². The quantitative estimate of drug-likeness (QED) is 0.369. The van der Waals surface area contributed by atoms with Crippen LogP contribution in [0.15, 0.2) is 66.7 Å². The van der Waals surface area contributed by atoms with Crippen molar-refractivity contribution in [2.75, 3.05) is 10.6 Å². The van der Waals surface area contributed by atoms with E-state index in [1.807, 2.05) is 30.3 Å². The summed E-state index contributed by atoms with van der Waals surface area (Å²) >= 11 is 5.32. The summed E-state index contributed by atoms with van der Waals surface area (Å²) in [6.45, 7) is 2.98. The number of hydrogen-bond acceptors (Lipinski definition) is 1. The average Bonchev–Trinajstić information content (AvgIpc) is 3.01. The molecule has 2 N–H and O–H groups in total. The predicted octanol–water partition coefficient (Wildman–Crippen LogP) is 6.64. The zero-order chi connectivity index (χ0) is 20.6. The van der Waals surface area contributed by atoms with Crippen molar-refractivity contribution in [3.63, 3.8) is 0 Å². The second kappa shape index (κ2) is 7.40. The number of alkyl halides is 3. The van der Waals surface area contributed by atoms with Gasteiger partial charge < -0.3 is 15.2 Å². The molecular formula is C22H18F3N3S. The number of para-hydroxylation sites is 1. The lowest BCUT2D eigenvalue weighted by Gasteiger charge is -2.12. The first-order valence-electron chi connectivity index (χ1n) is 9.13. The first-order valence-corrected chi connectivity index (χ1v) is 9.54. The Labute approximate surface area is 171 Å². The number of aryl methyl sites for hydroxylation is 1. The van der Waals surface area contributed by atoms with Crippen molar-refractivity contribution in [3.05, 3.63) is 72.3 Å². The lowest BCUT2D eigenvalue weighted by Crippen LogP contribution is -2.19. The highest BCUT2D eigenvalue weighted by atomic mass is 32.1. The highest BCUT2D eigenvalue weighted by Gasteiger charge is 2.29. The molecule has 0 aliphatic heterocycles. The Balaban J connectivity index is 1.56. The SMILES string of the molecule is CCn1c2ccccc2c2cc(NC(=S)Nc3ccc(C(F)(F)F)cc3)ccc21. The van der Waals surface area contributed by atoms with Gasteiger partial charge in [-0.2, -0.15) is 13.2 Å². The highest BCUT2D eigenvalue weighted by molar-refractivity contribution is 7.80. The molecule has 0 aliphatic carbocycles. The van der Waals surface area contributed by atoms with Crippen LogP contribution in [0.3, 0.4) is 0 Å². The highest BCUT2D eigenvalue weighted by Crippen LogP contribution is 2.31. The molecule has 0 saturated carbocycles. The molecule has 0 atom stereocenters. The number of benzene rings is 3. The van der Waals surface area contributed by atoms with Crippen LogP contribution in [0, 0.1) is 0 Å². The molecule has 4 aromatic rings. The lowest BCUT2D eigenvalue weighted by molar-refractivity contribution is -0.137. The molecule has 0 fully saturated rings. The van der Waals surface area contributed by atoms with Crippen LogP contribution in [-0.2, 0) is 12.7 Å². The molecule has 0 spiro atoms. The molecule has 3 nitrogen and oxygen atoms in total. The van der Waals surface area contributed by atoms with Gasteiger partial charge in [0.2, 0.25) is 0 Å². The largest absolute Gasteiger partial charge is 0.416 e. The molecule has 0 amide bonds. The molecule has 0 saturated heterocycles. The van der Waals surface area contributed by atoms with Crippen LogP contribution in [0.5, 0.6) is 0 Å². The van der Waals surface area contributed by atoms with Crippen molar-refractivity contribution in [1.82, 2.24) is 4.57 Å². The minimum atomic E-state index is -4.36. The van der Waals surface area contributed by atoms with Crippen molar-refractivity contribution >= 4 is 50.5 Å². The second-order valence-electron chi connectivity index (χ2n) is 6.65. The third kappa shape index (κ3) is 3.78. The summed E-state index contributed by atoms with van der Waals surface area (Å²) in [6, 6.07) is 19.0. The maximum absolute atomic E-state index is 12.7. The van der Waals surface area contributed by atoms with Gasteiger partial charge in [0.25, 0.3) is 0 Å². The van der Waals surface area contributed by atoms with E-state index in [1.165, 1.54) is 17.6 Å². The molecule has 0 bridgehead atoms. The Morgan fingerprint density at radius 2 is 1.48 bits per heavy atom. The zero-order valence-electron chi connectivity index (χ0n) is 15.5. The minimum absolute atomic E-state index is 0.309. The van der Waals surface area contributed by atoms with Crippen LogP contribution in [-0.4, -0.2) is 9.68 Å². The van der Waals surface area contributed by atoms with E-state index in [-0.39, 0.29) is 0 Å². The van der Waals surface area contributed by atoms with E-state index in [2.05, 4.69) is 34.3 Å². The number of fused-ring (bicyclic) bond motifs is 3. The van der Waals surface area contributed by atoms with E-state index in [0.717, 1.165) is 40.7 Å². The van der Waals surface area contributed by atoms with Crippen molar-refractivity contribution in [3.8, 4) is 0 Å². The van der Waals surface area contributed by atoms with E-state index in [0.29, 0.717) is 10.8 Å². The molecule has 1 heterocycles. The third-order valence-electron chi connectivity index (χ3n) is 4.82. The molecule has 7 heteroatoms. The van der Waals surface area contributed by atoms with E-state index < -0.39 is 11.7 Å². The van der Waals surface area contributed by atoms with Crippen LogP contribution in [0.1, 0.15) is 12.5 Å². The number of aromatic nitrogens is 1. The van der Waals surface area contributed by atoms with Gasteiger partial charge in [-0.15, -0.1) is 0 Å². The summed E-state index contributed by atoms with van der Waals surface area (Å²) in [7, 11) is 0. The van der Waals surface area contributed by atoms with Gasteiger partial charge in [0.1, 0.15) is 0 Å². The summed E-state index contributed by atoms with van der Waals surface area (Å²) in [5.41, 5.74) is 2.91. The van der Waals surface area contributed by atoms with Gasteiger partial charge in [-0.05, 0) is 67.7 Å². The van der Waals surface area contributed by atoms with Gasteiger partial charge in [0.05, 0.1) is 5.56 Å². The van der Waals surface area contributed by atoms with Crippen molar-refractivity contribution in [2.24, 2.45) is 0 Å². The Morgan fingerprint density at radius 3 is 2.17 bits per heavy atom. The van der Waals surface area contributed by atoms with Gasteiger partial charge in [0, 0.05) is 39.7 Å². The van der Waals surface area contributed by atoms with Crippen LogP contribution in [0.4, 0.5) is 24.5 Å². The van der Waals surface area contributed by atoms with Crippen molar-refractivity contribution in [2.45, 2.75) is 19.6 Å².